The summed E-state index contributed by atoms with van der Waals surface area (Å²) in [7, 11) is 0. The van der Waals surface area contributed by atoms with Crippen LogP contribution in [-0.4, -0.2) is 56.9 Å². The van der Waals surface area contributed by atoms with E-state index in [9.17, 15) is 0 Å². The van der Waals surface area contributed by atoms with Gasteiger partial charge in [0, 0.05) is 26.2 Å². The normalized spacial score (nSPS) is 15.5. The predicted octanol–water partition coefficient (Wildman–Crippen LogP) is 2.17. The molecule has 23 heavy (non-hydrogen) atoms. The smallest absolute Gasteiger partial charge is 0.233 e. The minimum atomic E-state index is 0. The molecule has 1 saturated heterocycles. The number of aromatic nitrogens is 4. The quantitative estimate of drug-likeness (QED) is 0.720. The lowest BCUT2D eigenvalue weighted by Gasteiger charge is -2.26. The van der Waals surface area contributed by atoms with Crippen molar-refractivity contribution < 1.29 is 4.74 Å². The average Bonchev–Trinajstić information content (AvgIpc) is 3.02. The Balaban J connectivity index is 0.000000960. The number of rotatable bonds is 3. The first-order valence-corrected chi connectivity index (χ1v) is 7.43. The number of aryl methyl sites for hydroxylation is 1. The maximum Gasteiger partial charge on any atom is 0.233 e. The summed E-state index contributed by atoms with van der Waals surface area (Å²) in [6.07, 6.45) is 0. The Bertz CT molecular complexity index is 779. The highest BCUT2D eigenvalue weighted by atomic mass is 35.5. The third-order valence-electron chi connectivity index (χ3n) is 4.08. The zero-order chi connectivity index (χ0) is 14.2. The zero-order valence-electron chi connectivity index (χ0n) is 13.0. The number of nitrogens with zero attached hydrogens (tertiary/aromatic N) is 5. The molecule has 0 amide bonds. The van der Waals surface area contributed by atoms with Crippen molar-refractivity contribution in [1.82, 2.24) is 24.1 Å². The fourth-order valence-electron chi connectivity index (χ4n) is 3.01. The van der Waals surface area contributed by atoms with Crippen LogP contribution in [-0.2, 0) is 11.3 Å². The van der Waals surface area contributed by atoms with E-state index in [2.05, 4.69) is 37.7 Å². The Morgan fingerprint density at radius 1 is 1.04 bits per heavy atom. The lowest BCUT2D eigenvalue weighted by Crippen LogP contribution is -2.38. The highest BCUT2D eigenvalue weighted by molar-refractivity contribution is 5.85. The zero-order valence-corrected chi connectivity index (χ0v) is 14.6. The van der Waals surface area contributed by atoms with Crippen LogP contribution in [0.2, 0.25) is 0 Å². The third kappa shape index (κ3) is 3.30. The Labute approximate surface area is 147 Å². The number of para-hydroxylation sites is 2. The lowest BCUT2D eigenvalue weighted by atomic mass is 10.3. The van der Waals surface area contributed by atoms with Crippen molar-refractivity contribution in [3.05, 3.63) is 30.1 Å². The molecule has 0 unspecified atom stereocenters. The maximum absolute atomic E-state index is 5.41. The van der Waals surface area contributed by atoms with Gasteiger partial charge in [-0.05, 0) is 19.1 Å². The number of halogens is 2. The predicted molar refractivity (Wildman–Crippen MR) is 95.0 cm³/mol. The van der Waals surface area contributed by atoms with Gasteiger partial charge in [-0.25, -0.2) is 0 Å². The van der Waals surface area contributed by atoms with Crippen LogP contribution in [0.25, 0.3) is 16.8 Å². The van der Waals surface area contributed by atoms with Crippen LogP contribution < -0.4 is 0 Å². The molecule has 8 heteroatoms. The molecular formula is C15H21Cl2N5O. The standard InChI is InChI=1S/C15H19N5O.2ClH/c1-12-16-15-19(7-6-18-8-10-21-11-9-18)13-4-2-3-5-14(13)20(15)17-12;;/h2-5H,6-11H2,1H3;2*1H. The van der Waals surface area contributed by atoms with Gasteiger partial charge >= 0.3 is 0 Å². The highest BCUT2D eigenvalue weighted by Gasteiger charge is 2.15. The molecule has 4 rings (SSSR count). The molecule has 0 bridgehead atoms. The van der Waals surface area contributed by atoms with E-state index in [1.807, 2.05) is 17.5 Å². The molecule has 0 spiro atoms. The van der Waals surface area contributed by atoms with Gasteiger partial charge in [0.05, 0.1) is 24.2 Å². The minimum absolute atomic E-state index is 0. The van der Waals surface area contributed by atoms with Gasteiger partial charge in [-0.1, -0.05) is 12.1 Å². The third-order valence-corrected chi connectivity index (χ3v) is 4.08. The van der Waals surface area contributed by atoms with E-state index >= 15 is 0 Å². The second-order valence-electron chi connectivity index (χ2n) is 5.47. The Morgan fingerprint density at radius 2 is 1.74 bits per heavy atom. The summed E-state index contributed by atoms with van der Waals surface area (Å²) in [6, 6.07) is 8.35. The molecule has 0 atom stereocenters. The number of imidazole rings is 1. The lowest BCUT2D eigenvalue weighted by molar-refractivity contribution is 0.0366. The summed E-state index contributed by atoms with van der Waals surface area (Å²) in [4.78, 5) is 7.03. The molecule has 3 heterocycles. The number of morpholine rings is 1. The van der Waals surface area contributed by atoms with E-state index < -0.39 is 0 Å². The van der Waals surface area contributed by atoms with Crippen LogP contribution in [0.3, 0.4) is 0 Å². The fourth-order valence-corrected chi connectivity index (χ4v) is 3.01. The van der Waals surface area contributed by atoms with Crippen molar-refractivity contribution in [2.75, 3.05) is 32.8 Å². The first kappa shape index (κ1) is 18.0. The fraction of sp³-hybridized carbons (Fsp3) is 0.467. The van der Waals surface area contributed by atoms with E-state index in [0.29, 0.717) is 0 Å². The second-order valence-corrected chi connectivity index (χ2v) is 5.47. The number of hydrogen-bond donors (Lipinski definition) is 0. The van der Waals surface area contributed by atoms with Gasteiger partial charge in [0.15, 0.2) is 0 Å². The van der Waals surface area contributed by atoms with Crippen molar-refractivity contribution in [1.29, 1.82) is 0 Å². The number of ether oxygens (including phenoxy) is 1. The van der Waals surface area contributed by atoms with Crippen LogP contribution >= 0.6 is 24.8 Å². The highest BCUT2D eigenvalue weighted by Crippen LogP contribution is 2.19. The van der Waals surface area contributed by atoms with Crippen molar-refractivity contribution in [3.63, 3.8) is 0 Å². The maximum atomic E-state index is 5.41. The molecule has 0 aliphatic carbocycles. The molecule has 0 radical (unpaired) electrons. The van der Waals surface area contributed by atoms with Crippen molar-refractivity contribution in [2.24, 2.45) is 0 Å². The molecule has 126 valence electrons. The van der Waals surface area contributed by atoms with Crippen LogP contribution in [0.1, 0.15) is 5.82 Å². The van der Waals surface area contributed by atoms with Crippen LogP contribution in [0.5, 0.6) is 0 Å². The van der Waals surface area contributed by atoms with Gasteiger partial charge in [0.1, 0.15) is 5.82 Å². The van der Waals surface area contributed by atoms with Crippen LogP contribution in [0, 0.1) is 6.92 Å². The monoisotopic (exact) mass is 357 g/mol. The summed E-state index contributed by atoms with van der Waals surface area (Å²) in [6.45, 7) is 7.59. The van der Waals surface area contributed by atoms with Gasteiger partial charge < -0.3 is 9.30 Å². The van der Waals surface area contributed by atoms with Gasteiger partial charge in [0.2, 0.25) is 5.78 Å². The molecule has 1 aliphatic rings. The second kappa shape index (κ2) is 7.49. The van der Waals surface area contributed by atoms with Crippen molar-refractivity contribution in [3.8, 4) is 0 Å². The largest absolute Gasteiger partial charge is 0.379 e. The van der Waals surface area contributed by atoms with Gasteiger partial charge in [-0.2, -0.15) is 9.50 Å². The molecule has 6 nitrogen and oxygen atoms in total. The molecule has 3 aromatic rings. The van der Waals surface area contributed by atoms with Gasteiger partial charge in [-0.3, -0.25) is 4.90 Å². The molecular weight excluding hydrogens is 337 g/mol. The first-order valence-electron chi connectivity index (χ1n) is 7.43. The molecule has 0 N–H and O–H groups in total. The Morgan fingerprint density at radius 3 is 2.48 bits per heavy atom. The topological polar surface area (TPSA) is 47.6 Å². The number of fused-ring (bicyclic) bond motifs is 3. The van der Waals surface area contributed by atoms with Crippen molar-refractivity contribution >= 4 is 41.6 Å². The molecule has 2 aromatic heterocycles. The summed E-state index contributed by atoms with van der Waals surface area (Å²) >= 11 is 0. The minimum Gasteiger partial charge on any atom is -0.379 e. The van der Waals surface area contributed by atoms with E-state index in [4.69, 9.17) is 4.74 Å². The van der Waals surface area contributed by atoms with Gasteiger partial charge in [0.25, 0.3) is 0 Å². The van der Waals surface area contributed by atoms with Crippen LogP contribution in [0.4, 0.5) is 0 Å². The van der Waals surface area contributed by atoms with Gasteiger partial charge in [-0.15, -0.1) is 29.9 Å². The molecule has 1 fully saturated rings. The molecule has 0 saturated carbocycles. The summed E-state index contributed by atoms with van der Waals surface area (Å²) < 4.78 is 9.62. The van der Waals surface area contributed by atoms with E-state index in [1.165, 1.54) is 5.52 Å². The first-order chi connectivity index (χ1) is 10.3. The van der Waals surface area contributed by atoms with E-state index in [-0.39, 0.29) is 24.8 Å². The molecule has 1 aliphatic heterocycles. The van der Waals surface area contributed by atoms with E-state index in [1.54, 1.807) is 0 Å². The SMILES string of the molecule is Cc1nc2n(CCN3CCOCC3)c3ccccc3n2n1.Cl.Cl. The summed E-state index contributed by atoms with van der Waals surface area (Å²) in [5.41, 5.74) is 2.32. The number of hydrogen-bond acceptors (Lipinski definition) is 4. The summed E-state index contributed by atoms with van der Waals surface area (Å²) in [5.74, 6) is 1.75. The summed E-state index contributed by atoms with van der Waals surface area (Å²) in [5, 5.41) is 4.51. The van der Waals surface area contributed by atoms with Crippen LogP contribution in [0.15, 0.2) is 24.3 Å². The number of benzene rings is 1. The van der Waals surface area contributed by atoms with E-state index in [0.717, 1.165) is 56.5 Å². The average molecular weight is 358 g/mol. The molecule has 1 aromatic carbocycles. The van der Waals surface area contributed by atoms with Crippen molar-refractivity contribution in [2.45, 2.75) is 13.5 Å². The Kier molecular flexibility index (Phi) is 5.86. The Hall–Kier alpha value is -1.34.